The van der Waals surface area contributed by atoms with Gasteiger partial charge < -0.3 is 21.7 Å². The smallest absolute Gasteiger partial charge is 0.186 e. The predicted molar refractivity (Wildman–Crippen MR) is 133 cm³/mol. The van der Waals surface area contributed by atoms with Crippen LogP contribution in [0.4, 0.5) is 0 Å². The van der Waals surface area contributed by atoms with E-state index in [2.05, 4.69) is 11.9 Å². The monoisotopic (exact) mass is 481 g/mol. The van der Waals surface area contributed by atoms with Gasteiger partial charge in [0.2, 0.25) is 0 Å². The maximum atomic E-state index is 13.5. The Hall–Kier alpha value is -0.700. The van der Waals surface area contributed by atoms with Crippen LogP contribution in [-0.4, -0.2) is 52.7 Å². The number of guanidine groups is 1. The van der Waals surface area contributed by atoms with Crippen LogP contribution in [0.2, 0.25) is 0 Å². The Morgan fingerprint density at radius 3 is 2.81 bits per heavy atom. The summed E-state index contributed by atoms with van der Waals surface area (Å²) >= 11 is 0. The average molecular weight is 482 g/mol. The van der Waals surface area contributed by atoms with Gasteiger partial charge >= 0.3 is 0 Å². The molecule has 6 atom stereocenters. The van der Waals surface area contributed by atoms with E-state index in [0.717, 1.165) is 68.4 Å². The molecule has 0 radical (unpaired) electrons. The van der Waals surface area contributed by atoms with Crippen LogP contribution in [0.15, 0.2) is 16.1 Å². The number of carbonyl (C=O) groups excluding carboxylic acids is 1. The molecule has 2 fully saturated rings. The van der Waals surface area contributed by atoms with Crippen molar-refractivity contribution in [2.24, 2.45) is 45.0 Å². The van der Waals surface area contributed by atoms with Crippen LogP contribution in [0, 0.1) is 28.6 Å². The van der Waals surface area contributed by atoms with E-state index < -0.39 is 0 Å². The Morgan fingerprint density at radius 1 is 1.28 bits per heavy atom. The number of hydrogen-bond donors (Lipinski definition) is 4. The lowest BCUT2D eigenvalue weighted by atomic mass is 9.47. The summed E-state index contributed by atoms with van der Waals surface area (Å²) in [4.78, 5) is 17.9. The van der Waals surface area contributed by atoms with Crippen molar-refractivity contribution in [3.63, 3.8) is 0 Å². The second-order valence-electron chi connectivity index (χ2n) is 10.5. The summed E-state index contributed by atoms with van der Waals surface area (Å²) < 4.78 is 0. The van der Waals surface area contributed by atoms with E-state index in [4.69, 9.17) is 11.5 Å². The van der Waals surface area contributed by atoms with Gasteiger partial charge in [0.15, 0.2) is 11.7 Å². The minimum atomic E-state index is -0.135. The number of hydrogen-bond acceptors (Lipinski definition) is 6. The minimum absolute atomic E-state index is 0.0758. The largest absolute Gasteiger partial charge is 0.396 e. The van der Waals surface area contributed by atoms with E-state index in [-0.39, 0.29) is 47.9 Å². The van der Waals surface area contributed by atoms with Crippen LogP contribution in [0.5, 0.6) is 0 Å². The Labute approximate surface area is 199 Å². The highest BCUT2D eigenvalue weighted by molar-refractivity contribution is 8.76. The van der Waals surface area contributed by atoms with Gasteiger partial charge in [0.1, 0.15) is 0 Å². The fourth-order valence-corrected chi connectivity index (χ4v) is 10.2. The number of aliphatic imine (C=N–C) groups is 1. The van der Waals surface area contributed by atoms with Crippen LogP contribution in [-0.2, 0) is 4.79 Å². The predicted octanol–water partition coefficient (Wildman–Crippen LogP) is 3.27. The van der Waals surface area contributed by atoms with Crippen molar-refractivity contribution in [2.45, 2.75) is 70.8 Å². The van der Waals surface area contributed by atoms with Crippen molar-refractivity contribution >= 4 is 33.3 Å². The first kappa shape index (κ1) is 24.4. The lowest BCUT2D eigenvalue weighted by Crippen LogP contribution is -2.52. The van der Waals surface area contributed by atoms with Crippen molar-refractivity contribution < 1.29 is 15.0 Å². The fourth-order valence-electron chi connectivity index (χ4n) is 7.71. The molecule has 1 heterocycles. The molecule has 1 spiro atoms. The van der Waals surface area contributed by atoms with Gasteiger partial charge in [0.05, 0.1) is 6.04 Å². The molecule has 6 N–H and O–H groups in total. The van der Waals surface area contributed by atoms with Gasteiger partial charge in [-0.15, -0.1) is 0 Å². The molecule has 5 bridgehead atoms. The van der Waals surface area contributed by atoms with Gasteiger partial charge in [-0.2, -0.15) is 0 Å². The van der Waals surface area contributed by atoms with Crippen LogP contribution in [0.1, 0.15) is 64.7 Å². The Kier molecular flexibility index (Phi) is 7.54. The first-order valence-electron chi connectivity index (χ1n) is 12.2. The summed E-state index contributed by atoms with van der Waals surface area (Å²) in [6.45, 7) is 2.79. The SMILES string of the molecule is C[C@]12CCSSC[C@@H](N=C(N)N)CCCC3=C4C[C@H]1C[C@@H](CO)[C@@H](CCCO)[C@@]42CC3=O. The quantitative estimate of drug-likeness (QED) is 0.270. The molecule has 0 aromatic carbocycles. The zero-order valence-corrected chi connectivity index (χ0v) is 20.9. The first-order chi connectivity index (χ1) is 15.4. The van der Waals surface area contributed by atoms with E-state index in [1.807, 2.05) is 21.6 Å². The van der Waals surface area contributed by atoms with Crippen molar-refractivity contribution in [3.8, 4) is 0 Å². The summed E-state index contributed by atoms with van der Waals surface area (Å²) in [6.07, 6.45) is 7.98. The lowest BCUT2D eigenvalue weighted by molar-refractivity contribution is -0.125. The molecule has 4 aliphatic rings. The number of nitrogens with two attached hydrogens (primary N) is 2. The minimum Gasteiger partial charge on any atom is -0.396 e. The summed E-state index contributed by atoms with van der Waals surface area (Å²) in [5, 5.41) is 19.9. The van der Waals surface area contributed by atoms with Crippen molar-refractivity contribution in [2.75, 3.05) is 24.7 Å². The molecule has 1 aliphatic heterocycles. The molecule has 180 valence electrons. The van der Waals surface area contributed by atoms with Crippen molar-refractivity contribution in [1.82, 2.24) is 0 Å². The third kappa shape index (κ3) is 4.03. The molecule has 3 aliphatic carbocycles. The van der Waals surface area contributed by atoms with Gasteiger partial charge in [-0.3, -0.25) is 4.79 Å². The molecule has 0 aromatic heterocycles. The van der Waals surface area contributed by atoms with Crippen LogP contribution < -0.4 is 11.5 Å². The third-order valence-corrected chi connectivity index (χ3v) is 11.6. The van der Waals surface area contributed by atoms with Crippen molar-refractivity contribution in [1.29, 1.82) is 0 Å². The first-order valence-corrected chi connectivity index (χ1v) is 14.7. The zero-order valence-electron chi connectivity index (χ0n) is 19.2. The van der Waals surface area contributed by atoms with Gasteiger partial charge in [0.25, 0.3) is 0 Å². The van der Waals surface area contributed by atoms with Gasteiger partial charge in [-0.25, -0.2) is 4.99 Å². The summed E-state index contributed by atoms with van der Waals surface area (Å²) in [5.41, 5.74) is 13.8. The Balaban J connectivity index is 1.73. The molecule has 0 saturated heterocycles. The van der Waals surface area contributed by atoms with Crippen LogP contribution >= 0.6 is 21.6 Å². The number of aliphatic hydroxyl groups excluding tert-OH is 2. The standard InChI is InChI=1S/C24H39N3O3S2/c1-23-7-9-31-32-14-17(27-22(25)26)4-2-5-18-20-11-16(23)10-15(13-29)19(6-3-8-28)24(20,23)12-21(18)30/h15-17,19,28-29H,2-14H2,1H3,(H4,25,26,27)/t15-,16+,17-,19+,23-,24-/m0/s1. The molecular weight excluding hydrogens is 442 g/mol. The van der Waals surface area contributed by atoms with Crippen LogP contribution in [0.3, 0.4) is 0 Å². The maximum absolute atomic E-state index is 13.5. The van der Waals surface area contributed by atoms with Crippen LogP contribution in [0.25, 0.3) is 0 Å². The second-order valence-corrected chi connectivity index (χ2v) is 13.1. The average Bonchev–Trinajstić information content (AvgIpc) is 3.08. The summed E-state index contributed by atoms with van der Waals surface area (Å²) in [6, 6.07) is 0.0948. The van der Waals surface area contributed by atoms with E-state index in [1.165, 1.54) is 5.57 Å². The number of aliphatic hydroxyl groups is 2. The zero-order chi connectivity index (χ0) is 22.9. The number of rotatable bonds is 5. The Bertz CT molecular complexity index is 784. The molecule has 2 saturated carbocycles. The summed E-state index contributed by atoms with van der Waals surface area (Å²) in [7, 11) is 3.77. The number of ketones is 1. The number of carbonyl (C=O) groups is 1. The highest BCUT2D eigenvalue weighted by Crippen LogP contribution is 2.75. The van der Waals surface area contributed by atoms with E-state index in [9.17, 15) is 15.0 Å². The second kappa shape index (κ2) is 9.88. The molecule has 32 heavy (non-hydrogen) atoms. The highest BCUT2D eigenvalue weighted by Gasteiger charge is 2.69. The number of Topliss-reactive ketones (excluding diaryl/α,β-unsaturated/α-hetero) is 1. The molecule has 8 heteroatoms. The molecule has 0 unspecified atom stereocenters. The van der Waals surface area contributed by atoms with E-state index >= 15 is 0 Å². The summed E-state index contributed by atoms with van der Waals surface area (Å²) in [5.74, 6) is 3.44. The fraction of sp³-hybridized carbons (Fsp3) is 0.833. The molecule has 6 nitrogen and oxygen atoms in total. The Morgan fingerprint density at radius 2 is 2.09 bits per heavy atom. The molecule has 4 rings (SSSR count). The van der Waals surface area contributed by atoms with Crippen molar-refractivity contribution in [3.05, 3.63) is 11.1 Å². The molecule has 0 amide bonds. The van der Waals surface area contributed by atoms with Gasteiger partial charge in [-0.05, 0) is 80.1 Å². The van der Waals surface area contributed by atoms with E-state index in [1.54, 1.807) is 0 Å². The highest BCUT2D eigenvalue weighted by atomic mass is 33.1. The van der Waals surface area contributed by atoms with E-state index in [0.29, 0.717) is 18.1 Å². The van der Waals surface area contributed by atoms with Gasteiger partial charge in [0, 0.05) is 36.6 Å². The number of nitrogens with zero attached hydrogens (tertiary/aromatic N) is 1. The number of allylic oxidation sites excluding steroid dienone is 2. The topological polar surface area (TPSA) is 122 Å². The van der Waals surface area contributed by atoms with Gasteiger partial charge in [-0.1, -0.05) is 34.1 Å². The molecule has 0 aromatic rings. The lowest BCUT2D eigenvalue weighted by Gasteiger charge is -2.57. The maximum Gasteiger partial charge on any atom is 0.186 e. The molecular formula is C24H39N3O3S2. The normalized spacial score (nSPS) is 39.9. The third-order valence-electron chi connectivity index (χ3n) is 9.09.